The Bertz CT molecular complexity index is 1310. The average molecular weight is 501 g/mol. The third-order valence-electron chi connectivity index (χ3n) is 4.61. The third-order valence-corrected chi connectivity index (χ3v) is 5.42. The first-order chi connectivity index (χ1) is 15.9. The molecule has 0 fully saturated rings. The molecule has 0 spiro atoms. The standard InChI is InChI=1S/C20H13F6N5O2S/c1-33-14-4-2-10(3-5-14)6-15(32)27-17-30-31-16(28-29-18(31)34-17)11-7-12(19(21,22)23)9-13(8-11)20(24,25)26/h2-5,7-9H,6H2,1H3,(H,27,30,32). The molecule has 2 aromatic carbocycles. The molecule has 2 aromatic heterocycles. The number of anilines is 1. The van der Waals surface area contributed by atoms with Gasteiger partial charge in [-0.3, -0.25) is 4.79 Å². The van der Waals surface area contributed by atoms with E-state index in [9.17, 15) is 31.1 Å². The van der Waals surface area contributed by atoms with Crippen LogP contribution in [0.25, 0.3) is 16.3 Å². The summed E-state index contributed by atoms with van der Waals surface area (Å²) in [6, 6.07) is 7.85. The Kier molecular flexibility index (Phi) is 5.93. The molecule has 7 nitrogen and oxygen atoms in total. The summed E-state index contributed by atoms with van der Waals surface area (Å²) in [5, 5.41) is 14.0. The summed E-state index contributed by atoms with van der Waals surface area (Å²) in [5.41, 5.74) is -2.77. The van der Waals surface area contributed by atoms with Crippen molar-refractivity contribution in [2.24, 2.45) is 0 Å². The van der Waals surface area contributed by atoms with Gasteiger partial charge in [0.1, 0.15) is 5.75 Å². The molecule has 0 aliphatic rings. The van der Waals surface area contributed by atoms with Crippen molar-refractivity contribution in [1.29, 1.82) is 0 Å². The second-order valence-corrected chi connectivity index (χ2v) is 7.95. The van der Waals surface area contributed by atoms with E-state index in [4.69, 9.17) is 4.74 Å². The number of ether oxygens (including phenoxy) is 1. The van der Waals surface area contributed by atoms with Gasteiger partial charge in [-0.15, -0.1) is 15.3 Å². The molecule has 4 rings (SSSR count). The fraction of sp³-hybridized carbons (Fsp3) is 0.200. The maximum Gasteiger partial charge on any atom is 0.416 e. The van der Waals surface area contributed by atoms with E-state index >= 15 is 0 Å². The van der Waals surface area contributed by atoms with E-state index < -0.39 is 35.0 Å². The molecule has 0 aliphatic carbocycles. The largest absolute Gasteiger partial charge is 0.497 e. The van der Waals surface area contributed by atoms with E-state index in [0.29, 0.717) is 23.4 Å². The first kappa shape index (κ1) is 23.5. The quantitative estimate of drug-likeness (QED) is 0.386. The van der Waals surface area contributed by atoms with Gasteiger partial charge in [-0.25, -0.2) is 0 Å². The molecule has 0 atom stereocenters. The van der Waals surface area contributed by atoms with Crippen molar-refractivity contribution < 1.29 is 35.9 Å². The molecule has 0 bridgehead atoms. The lowest BCUT2D eigenvalue weighted by Crippen LogP contribution is -2.14. The Morgan fingerprint density at radius 1 is 1.00 bits per heavy atom. The minimum atomic E-state index is -5.01. The number of carbonyl (C=O) groups is 1. The van der Waals surface area contributed by atoms with Crippen molar-refractivity contribution >= 4 is 27.3 Å². The number of fused-ring (bicyclic) bond motifs is 1. The van der Waals surface area contributed by atoms with Crippen LogP contribution >= 0.6 is 11.3 Å². The highest BCUT2D eigenvalue weighted by Crippen LogP contribution is 2.38. The van der Waals surface area contributed by atoms with Crippen molar-refractivity contribution in [3.8, 4) is 17.1 Å². The van der Waals surface area contributed by atoms with Crippen LogP contribution in [0.5, 0.6) is 5.75 Å². The molecule has 178 valence electrons. The number of nitrogens with one attached hydrogen (secondary N) is 1. The Labute approximate surface area is 191 Å². The zero-order chi connectivity index (χ0) is 24.7. The predicted octanol–water partition coefficient (Wildman–Crippen LogP) is 5.08. The number of alkyl halides is 6. The molecule has 0 saturated heterocycles. The molecule has 0 radical (unpaired) electrons. The van der Waals surface area contributed by atoms with E-state index in [2.05, 4.69) is 20.6 Å². The Hall–Kier alpha value is -3.68. The first-order valence-corrected chi connectivity index (χ1v) is 10.2. The van der Waals surface area contributed by atoms with Crippen molar-refractivity contribution in [3.05, 3.63) is 59.2 Å². The van der Waals surface area contributed by atoms with Gasteiger partial charge >= 0.3 is 12.4 Å². The number of rotatable bonds is 5. The highest BCUT2D eigenvalue weighted by atomic mass is 32.1. The van der Waals surface area contributed by atoms with Gasteiger partial charge in [0, 0.05) is 5.56 Å². The number of amides is 1. The molecule has 1 amide bonds. The predicted molar refractivity (Wildman–Crippen MR) is 109 cm³/mol. The number of nitrogens with zero attached hydrogens (tertiary/aromatic N) is 4. The zero-order valence-electron chi connectivity index (χ0n) is 17.0. The molecule has 1 N–H and O–H groups in total. The minimum absolute atomic E-state index is 0.000429. The number of carbonyl (C=O) groups excluding carboxylic acids is 1. The van der Waals surface area contributed by atoms with Crippen LogP contribution in [0, 0.1) is 0 Å². The highest BCUT2D eigenvalue weighted by molar-refractivity contribution is 7.20. The second-order valence-electron chi connectivity index (χ2n) is 6.99. The van der Waals surface area contributed by atoms with Crippen LogP contribution in [0.2, 0.25) is 0 Å². The van der Waals surface area contributed by atoms with Crippen LogP contribution in [0.4, 0.5) is 31.5 Å². The van der Waals surface area contributed by atoms with Gasteiger partial charge in [0.25, 0.3) is 0 Å². The fourth-order valence-corrected chi connectivity index (χ4v) is 3.78. The zero-order valence-corrected chi connectivity index (χ0v) is 17.8. The molecule has 14 heteroatoms. The van der Waals surface area contributed by atoms with Crippen LogP contribution in [0.1, 0.15) is 16.7 Å². The topological polar surface area (TPSA) is 81.4 Å². The van der Waals surface area contributed by atoms with Crippen molar-refractivity contribution in [2.45, 2.75) is 18.8 Å². The minimum Gasteiger partial charge on any atom is -0.497 e. The summed E-state index contributed by atoms with van der Waals surface area (Å²) in [4.78, 5) is 12.4. The number of hydrogen-bond donors (Lipinski definition) is 1. The normalized spacial score (nSPS) is 12.2. The lowest BCUT2D eigenvalue weighted by molar-refractivity contribution is -0.143. The molecule has 0 aliphatic heterocycles. The van der Waals surface area contributed by atoms with Crippen molar-refractivity contribution in [3.63, 3.8) is 0 Å². The van der Waals surface area contributed by atoms with Crippen molar-refractivity contribution in [1.82, 2.24) is 19.8 Å². The number of benzene rings is 2. The summed E-state index contributed by atoms with van der Waals surface area (Å²) < 4.78 is 85.1. The number of methoxy groups -OCH3 is 1. The summed E-state index contributed by atoms with van der Waals surface area (Å²) in [6.45, 7) is 0. The molecule has 2 heterocycles. The van der Waals surface area contributed by atoms with E-state index in [0.717, 1.165) is 15.9 Å². The number of halogens is 6. The Morgan fingerprint density at radius 2 is 1.62 bits per heavy atom. The van der Waals surface area contributed by atoms with Crippen LogP contribution < -0.4 is 10.1 Å². The maximum atomic E-state index is 13.2. The summed E-state index contributed by atoms with van der Waals surface area (Å²) in [5.74, 6) is -0.151. The highest BCUT2D eigenvalue weighted by Gasteiger charge is 2.37. The molecule has 0 unspecified atom stereocenters. The van der Waals surface area contributed by atoms with Gasteiger partial charge in [-0.05, 0) is 35.9 Å². The number of hydrogen-bond acceptors (Lipinski definition) is 6. The van der Waals surface area contributed by atoms with E-state index in [1.165, 1.54) is 7.11 Å². The summed E-state index contributed by atoms with van der Waals surface area (Å²) >= 11 is 0.859. The second kappa shape index (κ2) is 8.59. The van der Waals surface area contributed by atoms with E-state index in [1.807, 2.05) is 0 Å². The molecule has 0 saturated carbocycles. The van der Waals surface area contributed by atoms with Crippen molar-refractivity contribution in [2.75, 3.05) is 12.4 Å². The summed E-state index contributed by atoms with van der Waals surface area (Å²) in [7, 11) is 1.51. The lowest BCUT2D eigenvalue weighted by atomic mass is 10.0. The SMILES string of the molecule is COc1ccc(CC(=O)Nc2nn3c(-c4cc(C(F)(F)F)cc(C(F)(F)F)c4)nnc3s2)cc1. The molecule has 34 heavy (non-hydrogen) atoms. The van der Waals surface area contributed by atoms with Gasteiger partial charge in [-0.1, -0.05) is 23.5 Å². The van der Waals surface area contributed by atoms with Gasteiger partial charge in [0.05, 0.1) is 24.7 Å². The van der Waals surface area contributed by atoms with Crippen LogP contribution in [0.3, 0.4) is 0 Å². The van der Waals surface area contributed by atoms with E-state index in [-0.39, 0.29) is 28.4 Å². The van der Waals surface area contributed by atoms with Crippen LogP contribution in [-0.2, 0) is 23.6 Å². The average Bonchev–Trinajstić information content (AvgIpc) is 3.32. The van der Waals surface area contributed by atoms with Crippen LogP contribution in [0.15, 0.2) is 42.5 Å². The lowest BCUT2D eigenvalue weighted by Gasteiger charge is -2.13. The molecular weight excluding hydrogens is 488 g/mol. The number of aromatic nitrogens is 4. The maximum absolute atomic E-state index is 13.2. The first-order valence-electron chi connectivity index (χ1n) is 9.39. The Balaban J connectivity index is 1.62. The van der Waals surface area contributed by atoms with Gasteiger partial charge in [-0.2, -0.15) is 30.9 Å². The van der Waals surface area contributed by atoms with Crippen LogP contribution in [-0.4, -0.2) is 32.8 Å². The monoisotopic (exact) mass is 501 g/mol. The molecule has 4 aromatic rings. The van der Waals surface area contributed by atoms with Gasteiger partial charge < -0.3 is 10.1 Å². The summed E-state index contributed by atoms with van der Waals surface area (Å²) in [6.07, 6.45) is -10.0. The van der Waals surface area contributed by atoms with Gasteiger partial charge in [0.15, 0.2) is 5.82 Å². The smallest absolute Gasteiger partial charge is 0.416 e. The third kappa shape index (κ3) is 4.95. The Morgan fingerprint density at radius 3 is 2.18 bits per heavy atom. The molecular formula is C20H13F6N5O2S. The van der Waals surface area contributed by atoms with Gasteiger partial charge in [0.2, 0.25) is 16.0 Å². The van der Waals surface area contributed by atoms with E-state index in [1.54, 1.807) is 24.3 Å². The fourth-order valence-electron chi connectivity index (χ4n) is 3.02.